The molecule has 0 aromatic carbocycles. The van der Waals surface area contributed by atoms with Crippen LogP contribution in [0.5, 0.6) is 0 Å². The highest BCUT2D eigenvalue weighted by molar-refractivity contribution is 6.19. The lowest BCUT2D eigenvalue weighted by molar-refractivity contribution is -0.189. The van der Waals surface area contributed by atoms with Gasteiger partial charge in [0.05, 0.1) is 5.88 Å². The van der Waals surface area contributed by atoms with E-state index in [0.717, 1.165) is 0 Å². The summed E-state index contributed by atoms with van der Waals surface area (Å²) in [5, 5.41) is 0. The lowest BCUT2D eigenvalue weighted by Crippen LogP contribution is -2.16. The first-order chi connectivity index (χ1) is 3.72. The van der Waals surface area contributed by atoms with E-state index >= 15 is 0 Å². The Morgan fingerprint density at radius 1 is 1.88 bits per heavy atom. The first-order valence-corrected chi connectivity index (χ1v) is 2.28. The fraction of sp³-hybridized carbons (Fsp3) is 0.667. The van der Waals surface area contributed by atoms with Crippen LogP contribution in [0.25, 0.3) is 0 Å². The van der Waals surface area contributed by atoms with Crippen LogP contribution in [0.3, 0.4) is 0 Å². The van der Waals surface area contributed by atoms with E-state index in [1.165, 1.54) is 0 Å². The predicted octanol–water partition coefficient (Wildman–Crippen LogP) is 0.991. The fourth-order valence-electron chi connectivity index (χ4n) is 0.111. The highest BCUT2D eigenvalue weighted by Gasteiger charge is 2.17. The molecule has 5 heteroatoms. The molecule has 48 valence electrons. The molecule has 0 heterocycles. The van der Waals surface area contributed by atoms with Crippen molar-refractivity contribution in [2.75, 3.05) is 5.88 Å². The normalized spacial score (nSPS) is 12.9. The molecule has 2 nitrogen and oxygen atoms in total. The molecule has 0 aromatic heterocycles. The molecular formula is C3H3ClF2O2. The van der Waals surface area contributed by atoms with Gasteiger partial charge in [-0.3, -0.25) is 4.94 Å². The summed E-state index contributed by atoms with van der Waals surface area (Å²) in [5.41, 5.74) is 0. The Hall–Kier alpha value is -0.380. The third kappa shape index (κ3) is 2.07. The summed E-state index contributed by atoms with van der Waals surface area (Å²) in [5.74, 6) is -2.16. The minimum absolute atomic E-state index is 0.581. The van der Waals surface area contributed by atoms with E-state index in [1.54, 1.807) is 0 Å². The molecule has 0 aliphatic heterocycles. The Labute approximate surface area is 49.3 Å². The third-order valence-electron chi connectivity index (χ3n) is 0.467. The van der Waals surface area contributed by atoms with Gasteiger partial charge >= 0.3 is 5.97 Å². The van der Waals surface area contributed by atoms with Crippen molar-refractivity contribution in [2.45, 2.75) is 6.17 Å². The van der Waals surface area contributed by atoms with Crippen LogP contribution in [-0.2, 0) is 9.74 Å². The molecule has 0 amide bonds. The van der Waals surface area contributed by atoms with E-state index in [-0.39, 0.29) is 0 Å². The summed E-state index contributed by atoms with van der Waals surface area (Å²) in [6.45, 7) is 0. The van der Waals surface area contributed by atoms with Gasteiger partial charge in [0.1, 0.15) is 0 Å². The average molecular weight is 145 g/mol. The van der Waals surface area contributed by atoms with E-state index < -0.39 is 18.0 Å². The zero-order valence-corrected chi connectivity index (χ0v) is 4.49. The van der Waals surface area contributed by atoms with Crippen molar-refractivity contribution < 1.29 is 18.7 Å². The summed E-state index contributed by atoms with van der Waals surface area (Å²) in [4.78, 5) is 12.2. The first kappa shape index (κ1) is 7.62. The van der Waals surface area contributed by atoms with E-state index in [2.05, 4.69) is 4.94 Å². The highest BCUT2D eigenvalue weighted by atomic mass is 35.5. The van der Waals surface area contributed by atoms with Gasteiger partial charge in [-0.25, -0.2) is 9.18 Å². The average Bonchev–Trinajstić information content (AvgIpc) is 1.84. The molecule has 0 bridgehead atoms. The van der Waals surface area contributed by atoms with Gasteiger partial charge in [-0.05, 0) is 0 Å². The minimum atomic E-state index is -2.05. The molecule has 0 fully saturated rings. The Balaban J connectivity index is 3.46. The molecule has 0 N–H and O–H groups in total. The first-order valence-electron chi connectivity index (χ1n) is 1.74. The Morgan fingerprint density at radius 2 is 2.38 bits per heavy atom. The van der Waals surface area contributed by atoms with Crippen LogP contribution in [-0.4, -0.2) is 18.0 Å². The van der Waals surface area contributed by atoms with Gasteiger partial charge in [0.2, 0.25) is 6.17 Å². The SMILES string of the molecule is O=C(OF)C(F)CCl. The zero-order chi connectivity index (χ0) is 6.57. The lowest BCUT2D eigenvalue weighted by atomic mass is 10.5. The van der Waals surface area contributed by atoms with Crippen LogP contribution < -0.4 is 0 Å². The Bertz CT molecular complexity index is 87.4. The predicted molar refractivity (Wildman–Crippen MR) is 22.8 cm³/mol. The lowest BCUT2D eigenvalue weighted by Gasteiger charge is -1.93. The summed E-state index contributed by atoms with van der Waals surface area (Å²) in [7, 11) is 0. The number of carbonyl (C=O) groups is 1. The minimum Gasteiger partial charge on any atom is -0.252 e. The van der Waals surface area contributed by atoms with Crippen molar-refractivity contribution in [2.24, 2.45) is 0 Å². The van der Waals surface area contributed by atoms with Crippen molar-refractivity contribution in [1.82, 2.24) is 0 Å². The molecule has 0 aliphatic carbocycles. The van der Waals surface area contributed by atoms with E-state index in [4.69, 9.17) is 11.6 Å². The van der Waals surface area contributed by atoms with Gasteiger partial charge in [0.15, 0.2) is 0 Å². The van der Waals surface area contributed by atoms with Crippen LogP contribution in [0.15, 0.2) is 0 Å². The van der Waals surface area contributed by atoms with E-state index in [9.17, 15) is 13.7 Å². The second kappa shape index (κ2) is 3.60. The van der Waals surface area contributed by atoms with Crippen molar-refractivity contribution in [3.05, 3.63) is 0 Å². The molecule has 8 heavy (non-hydrogen) atoms. The van der Waals surface area contributed by atoms with Crippen molar-refractivity contribution in [3.8, 4) is 0 Å². The number of halogens is 3. The van der Waals surface area contributed by atoms with Gasteiger partial charge in [-0.1, -0.05) is 0 Å². The van der Waals surface area contributed by atoms with Gasteiger partial charge in [0, 0.05) is 4.53 Å². The second-order valence-electron chi connectivity index (χ2n) is 1.02. The molecule has 0 rings (SSSR count). The van der Waals surface area contributed by atoms with E-state index in [1.807, 2.05) is 0 Å². The summed E-state index contributed by atoms with van der Waals surface area (Å²) >= 11 is 4.78. The number of hydrogen-bond donors (Lipinski definition) is 0. The standard InChI is InChI=1S/C3H3ClF2O2/c4-1-2(5)3(7)8-6/h2H,1H2. The zero-order valence-electron chi connectivity index (χ0n) is 3.73. The largest absolute Gasteiger partial charge is 0.383 e. The maximum absolute atomic E-state index is 11.7. The number of hydrogen-bond acceptors (Lipinski definition) is 2. The van der Waals surface area contributed by atoms with Gasteiger partial charge in [-0.15, -0.1) is 11.6 Å². The monoisotopic (exact) mass is 144 g/mol. The quantitative estimate of drug-likeness (QED) is 0.541. The molecule has 0 radical (unpaired) electrons. The van der Waals surface area contributed by atoms with Gasteiger partial charge < -0.3 is 0 Å². The van der Waals surface area contributed by atoms with Crippen molar-refractivity contribution in [3.63, 3.8) is 0 Å². The van der Waals surface area contributed by atoms with Gasteiger partial charge in [-0.2, -0.15) is 0 Å². The van der Waals surface area contributed by atoms with E-state index in [0.29, 0.717) is 0 Å². The third-order valence-corrected chi connectivity index (χ3v) is 0.738. The summed E-state index contributed by atoms with van der Waals surface area (Å²) in [6.07, 6.45) is -2.05. The summed E-state index contributed by atoms with van der Waals surface area (Å²) < 4.78 is 22.4. The van der Waals surface area contributed by atoms with Crippen molar-refractivity contribution in [1.29, 1.82) is 0 Å². The number of carbonyl (C=O) groups excluding carboxylic acids is 1. The maximum Gasteiger partial charge on any atom is 0.383 e. The van der Waals surface area contributed by atoms with Crippen molar-refractivity contribution >= 4 is 17.6 Å². The smallest absolute Gasteiger partial charge is 0.252 e. The van der Waals surface area contributed by atoms with Gasteiger partial charge in [0.25, 0.3) is 0 Å². The Morgan fingerprint density at radius 3 is 2.50 bits per heavy atom. The molecular weight excluding hydrogens is 141 g/mol. The fourth-order valence-corrected chi connectivity index (χ4v) is 0.237. The van der Waals surface area contributed by atoms with Crippen LogP contribution in [0.2, 0.25) is 0 Å². The van der Waals surface area contributed by atoms with Crippen LogP contribution in [0.4, 0.5) is 8.92 Å². The van der Waals surface area contributed by atoms with Crippen LogP contribution in [0.1, 0.15) is 0 Å². The van der Waals surface area contributed by atoms with Crippen LogP contribution in [0, 0.1) is 0 Å². The molecule has 0 saturated heterocycles. The second-order valence-corrected chi connectivity index (χ2v) is 1.33. The molecule has 0 aliphatic rings. The molecule has 0 aromatic rings. The number of rotatable bonds is 2. The molecule has 1 atom stereocenters. The highest BCUT2D eigenvalue weighted by Crippen LogP contribution is 1.96. The Kier molecular flexibility index (Phi) is 3.43. The molecule has 0 saturated carbocycles. The maximum atomic E-state index is 11.7. The molecule has 0 spiro atoms. The summed E-state index contributed by atoms with van der Waals surface area (Å²) in [6, 6.07) is 0. The topological polar surface area (TPSA) is 26.3 Å². The van der Waals surface area contributed by atoms with Crippen LogP contribution >= 0.6 is 11.6 Å². The molecule has 1 unspecified atom stereocenters. The number of alkyl halides is 2.